The first-order valence-electron chi connectivity index (χ1n) is 6.64. The molecule has 1 unspecified atom stereocenters. The highest BCUT2D eigenvalue weighted by Gasteiger charge is 2.11. The minimum absolute atomic E-state index is 0.0253. The molecular formula is C15H20N4O. The second kappa shape index (κ2) is 6.23. The predicted molar refractivity (Wildman–Crippen MR) is 78.9 cm³/mol. The Bertz CT molecular complexity index is 574. The molecule has 5 heteroatoms. The molecule has 1 atom stereocenters. The minimum Gasteiger partial charge on any atom is -0.399 e. The van der Waals surface area contributed by atoms with E-state index >= 15 is 0 Å². The van der Waals surface area contributed by atoms with Gasteiger partial charge in [-0.05, 0) is 23.6 Å². The van der Waals surface area contributed by atoms with E-state index in [9.17, 15) is 4.79 Å². The third-order valence-electron chi connectivity index (χ3n) is 3.36. The van der Waals surface area contributed by atoms with E-state index < -0.39 is 0 Å². The van der Waals surface area contributed by atoms with Crippen molar-refractivity contribution >= 4 is 11.6 Å². The Morgan fingerprint density at radius 3 is 2.70 bits per heavy atom. The van der Waals surface area contributed by atoms with E-state index in [1.807, 2.05) is 49.0 Å². The number of nitrogen functional groups attached to an aromatic ring is 1. The number of hydrogen-bond donors (Lipinski definition) is 2. The van der Waals surface area contributed by atoms with Crippen LogP contribution in [0.25, 0.3) is 0 Å². The molecule has 0 saturated carbocycles. The highest BCUT2D eigenvalue weighted by atomic mass is 16.1. The molecule has 20 heavy (non-hydrogen) atoms. The summed E-state index contributed by atoms with van der Waals surface area (Å²) in [5, 5.41) is 2.89. The third kappa shape index (κ3) is 3.60. The molecule has 0 aliphatic heterocycles. The van der Waals surface area contributed by atoms with Crippen LogP contribution in [0.5, 0.6) is 0 Å². The van der Waals surface area contributed by atoms with Gasteiger partial charge < -0.3 is 15.6 Å². The Morgan fingerprint density at radius 2 is 2.10 bits per heavy atom. The van der Waals surface area contributed by atoms with Crippen LogP contribution in [0.1, 0.15) is 30.7 Å². The number of carbonyl (C=O) groups excluding carboxylic acids is 1. The zero-order valence-corrected chi connectivity index (χ0v) is 11.8. The van der Waals surface area contributed by atoms with Crippen LogP contribution >= 0.6 is 0 Å². The van der Waals surface area contributed by atoms with Gasteiger partial charge in [0, 0.05) is 31.5 Å². The van der Waals surface area contributed by atoms with E-state index in [1.54, 1.807) is 6.20 Å². The molecule has 1 aromatic heterocycles. The molecule has 0 aliphatic rings. The lowest BCUT2D eigenvalue weighted by Gasteiger charge is -2.12. The second-order valence-electron chi connectivity index (χ2n) is 5.00. The van der Waals surface area contributed by atoms with Gasteiger partial charge in [-0.25, -0.2) is 4.98 Å². The largest absolute Gasteiger partial charge is 0.399 e. The van der Waals surface area contributed by atoms with Gasteiger partial charge in [0.15, 0.2) is 0 Å². The second-order valence-corrected chi connectivity index (χ2v) is 5.00. The van der Waals surface area contributed by atoms with Crippen molar-refractivity contribution in [1.29, 1.82) is 0 Å². The number of aromatic nitrogens is 2. The van der Waals surface area contributed by atoms with Gasteiger partial charge in [-0.1, -0.05) is 19.1 Å². The van der Waals surface area contributed by atoms with Gasteiger partial charge in [0.1, 0.15) is 5.82 Å². The maximum Gasteiger partial charge on any atom is 0.220 e. The van der Waals surface area contributed by atoms with Gasteiger partial charge in [0.25, 0.3) is 0 Å². The fraction of sp³-hybridized carbons (Fsp3) is 0.333. The van der Waals surface area contributed by atoms with Crippen LogP contribution in [0.15, 0.2) is 36.7 Å². The van der Waals surface area contributed by atoms with Gasteiger partial charge in [-0.15, -0.1) is 0 Å². The van der Waals surface area contributed by atoms with E-state index in [0.717, 1.165) is 17.1 Å². The Balaban J connectivity index is 1.85. The summed E-state index contributed by atoms with van der Waals surface area (Å²) in [6.45, 7) is 2.49. The lowest BCUT2D eigenvalue weighted by molar-refractivity contribution is -0.121. The smallest absolute Gasteiger partial charge is 0.220 e. The van der Waals surface area contributed by atoms with Crippen LogP contribution in [0, 0.1) is 0 Å². The molecule has 1 aromatic carbocycles. The van der Waals surface area contributed by atoms with Crippen molar-refractivity contribution in [2.45, 2.75) is 25.8 Å². The lowest BCUT2D eigenvalue weighted by Crippen LogP contribution is -2.25. The highest BCUT2D eigenvalue weighted by Crippen LogP contribution is 2.19. The lowest BCUT2D eigenvalue weighted by atomic mass is 9.97. The Morgan fingerprint density at radius 1 is 1.40 bits per heavy atom. The number of carbonyl (C=O) groups is 1. The maximum atomic E-state index is 11.9. The molecule has 106 valence electrons. The number of rotatable bonds is 5. The molecule has 0 saturated heterocycles. The molecule has 2 aromatic rings. The van der Waals surface area contributed by atoms with Gasteiger partial charge in [0.05, 0.1) is 6.54 Å². The molecule has 3 N–H and O–H groups in total. The number of anilines is 1. The standard InChI is InChI=1S/C15H20N4O/c1-11(12-3-5-13(16)6-4-12)9-15(20)18-10-14-17-7-8-19(14)2/h3-8,11H,9-10,16H2,1-2H3,(H,18,20). The fourth-order valence-electron chi connectivity index (χ4n) is 2.04. The summed E-state index contributed by atoms with van der Waals surface area (Å²) in [5.74, 6) is 1.03. The van der Waals surface area contributed by atoms with Crippen molar-refractivity contribution in [3.05, 3.63) is 48.0 Å². The zero-order valence-electron chi connectivity index (χ0n) is 11.8. The zero-order chi connectivity index (χ0) is 14.5. The monoisotopic (exact) mass is 272 g/mol. The summed E-state index contributed by atoms with van der Waals surface area (Å²) in [5.41, 5.74) is 7.51. The summed E-state index contributed by atoms with van der Waals surface area (Å²) in [4.78, 5) is 16.1. The number of aryl methyl sites for hydroxylation is 1. The van der Waals surface area contributed by atoms with E-state index in [2.05, 4.69) is 10.3 Å². The maximum absolute atomic E-state index is 11.9. The first-order chi connectivity index (χ1) is 9.56. The molecule has 5 nitrogen and oxygen atoms in total. The third-order valence-corrected chi connectivity index (χ3v) is 3.36. The van der Waals surface area contributed by atoms with Gasteiger partial charge in [-0.2, -0.15) is 0 Å². The van der Waals surface area contributed by atoms with Crippen molar-refractivity contribution in [2.75, 3.05) is 5.73 Å². The normalized spacial score (nSPS) is 12.1. The number of nitrogens with two attached hydrogens (primary N) is 1. The Kier molecular flexibility index (Phi) is 4.40. The molecule has 1 amide bonds. The average Bonchev–Trinajstić information content (AvgIpc) is 2.82. The summed E-state index contributed by atoms with van der Waals surface area (Å²) in [6, 6.07) is 7.65. The van der Waals surface area contributed by atoms with E-state index in [-0.39, 0.29) is 11.8 Å². The van der Waals surface area contributed by atoms with Crippen molar-refractivity contribution in [2.24, 2.45) is 7.05 Å². The van der Waals surface area contributed by atoms with E-state index in [1.165, 1.54) is 0 Å². The molecule has 0 radical (unpaired) electrons. The molecule has 2 rings (SSSR count). The molecule has 0 fully saturated rings. The molecule has 0 spiro atoms. The van der Waals surface area contributed by atoms with E-state index in [0.29, 0.717) is 13.0 Å². The van der Waals surface area contributed by atoms with Gasteiger partial charge in [-0.3, -0.25) is 4.79 Å². The summed E-state index contributed by atoms with van der Waals surface area (Å²) < 4.78 is 1.89. The number of nitrogens with zero attached hydrogens (tertiary/aromatic N) is 2. The highest BCUT2D eigenvalue weighted by molar-refractivity contribution is 5.76. The van der Waals surface area contributed by atoms with Crippen molar-refractivity contribution in [3.8, 4) is 0 Å². The summed E-state index contributed by atoms with van der Waals surface area (Å²) >= 11 is 0. The van der Waals surface area contributed by atoms with Crippen molar-refractivity contribution in [3.63, 3.8) is 0 Å². The quantitative estimate of drug-likeness (QED) is 0.815. The van der Waals surface area contributed by atoms with Crippen LogP contribution in [-0.2, 0) is 18.4 Å². The first kappa shape index (κ1) is 14.1. The summed E-state index contributed by atoms with van der Waals surface area (Å²) in [7, 11) is 1.91. The van der Waals surface area contributed by atoms with E-state index in [4.69, 9.17) is 5.73 Å². The number of amides is 1. The van der Waals surface area contributed by atoms with Crippen LogP contribution in [0.3, 0.4) is 0 Å². The van der Waals surface area contributed by atoms with Crippen LogP contribution in [0.4, 0.5) is 5.69 Å². The minimum atomic E-state index is 0.0253. The topological polar surface area (TPSA) is 72.9 Å². The first-order valence-corrected chi connectivity index (χ1v) is 6.64. The number of hydrogen-bond acceptors (Lipinski definition) is 3. The number of nitrogens with one attached hydrogen (secondary N) is 1. The SMILES string of the molecule is CC(CC(=O)NCc1nccn1C)c1ccc(N)cc1. The molecule has 1 heterocycles. The number of benzene rings is 1. The Hall–Kier alpha value is -2.30. The average molecular weight is 272 g/mol. The predicted octanol–water partition coefficient (Wildman–Crippen LogP) is 1.81. The van der Waals surface area contributed by atoms with Crippen LogP contribution < -0.4 is 11.1 Å². The fourth-order valence-corrected chi connectivity index (χ4v) is 2.04. The summed E-state index contributed by atoms with van der Waals surface area (Å²) in [6.07, 6.45) is 4.03. The Labute approximate surface area is 118 Å². The van der Waals surface area contributed by atoms with Crippen molar-refractivity contribution < 1.29 is 4.79 Å². The molecule has 0 bridgehead atoms. The van der Waals surface area contributed by atoms with Crippen molar-refractivity contribution in [1.82, 2.24) is 14.9 Å². The van der Waals surface area contributed by atoms with Gasteiger partial charge in [0.2, 0.25) is 5.91 Å². The molecular weight excluding hydrogens is 252 g/mol. The van der Waals surface area contributed by atoms with Crippen LogP contribution in [0.2, 0.25) is 0 Å². The van der Waals surface area contributed by atoms with Gasteiger partial charge >= 0.3 is 0 Å². The molecule has 0 aliphatic carbocycles. The number of imidazole rings is 1. The van der Waals surface area contributed by atoms with Crippen LogP contribution in [-0.4, -0.2) is 15.5 Å².